The Kier molecular flexibility index (Phi) is 5.64. The maximum Gasteiger partial charge on any atom is 0.0565 e. The van der Waals surface area contributed by atoms with Crippen molar-refractivity contribution in [3.05, 3.63) is 33.8 Å². The van der Waals surface area contributed by atoms with E-state index in [1.165, 1.54) is 25.7 Å². The van der Waals surface area contributed by atoms with Crippen LogP contribution < -0.4 is 11.3 Å². The van der Waals surface area contributed by atoms with E-state index in [4.69, 9.17) is 29.0 Å². The molecule has 18 heavy (non-hydrogen) atoms. The molecule has 1 unspecified atom stereocenters. The standard InChI is InChI=1S/C13H18Cl2N2S/c14-9-5-6-12(15)11(7-9)13(17-16)8-18-10-3-1-2-4-10/h5-7,10,13,17H,1-4,8,16H2. The van der Waals surface area contributed by atoms with Gasteiger partial charge in [0.15, 0.2) is 0 Å². The molecule has 3 N–H and O–H groups in total. The number of nitrogens with two attached hydrogens (primary N) is 1. The van der Waals surface area contributed by atoms with Crippen molar-refractivity contribution in [2.75, 3.05) is 5.75 Å². The molecule has 0 bridgehead atoms. The second kappa shape index (κ2) is 7.01. The molecule has 0 aliphatic heterocycles. The summed E-state index contributed by atoms with van der Waals surface area (Å²) in [5, 5.41) is 2.19. The van der Waals surface area contributed by atoms with Gasteiger partial charge in [-0.3, -0.25) is 11.3 Å². The molecule has 1 atom stereocenters. The Morgan fingerprint density at radius 1 is 1.33 bits per heavy atom. The third kappa shape index (κ3) is 3.78. The predicted octanol–water partition coefficient (Wildman–Crippen LogP) is 4.17. The topological polar surface area (TPSA) is 38.0 Å². The van der Waals surface area contributed by atoms with Gasteiger partial charge >= 0.3 is 0 Å². The SMILES string of the molecule is NNC(CSC1CCCC1)c1cc(Cl)ccc1Cl. The zero-order chi connectivity index (χ0) is 13.0. The number of nitrogens with one attached hydrogen (secondary N) is 1. The third-order valence-corrected chi connectivity index (χ3v) is 5.38. The van der Waals surface area contributed by atoms with E-state index in [9.17, 15) is 0 Å². The molecule has 2 rings (SSSR count). The summed E-state index contributed by atoms with van der Waals surface area (Å²) in [5.41, 5.74) is 3.83. The monoisotopic (exact) mass is 304 g/mol. The summed E-state index contributed by atoms with van der Waals surface area (Å²) >= 11 is 14.2. The number of hydrogen-bond donors (Lipinski definition) is 2. The molecule has 0 heterocycles. The van der Waals surface area contributed by atoms with Crippen molar-refractivity contribution in [2.24, 2.45) is 5.84 Å². The molecular weight excluding hydrogens is 287 g/mol. The van der Waals surface area contributed by atoms with Crippen LogP contribution in [0, 0.1) is 0 Å². The summed E-state index contributed by atoms with van der Waals surface area (Å²) in [4.78, 5) is 0. The van der Waals surface area contributed by atoms with E-state index < -0.39 is 0 Å². The summed E-state index contributed by atoms with van der Waals surface area (Å²) in [7, 11) is 0. The molecule has 1 saturated carbocycles. The highest BCUT2D eigenvalue weighted by Crippen LogP contribution is 2.34. The highest BCUT2D eigenvalue weighted by molar-refractivity contribution is 7.99. The summed E-state index contributed by atoms with van der Waals surface area (Å²) in [6.45, 7) is 0. The molecule has 0 amide bonds. The number of rotatable bonds is 5. The maximum atomic E-state index is 6.20. The molecule has 1 aromatic rings. The van der Waals surface area contributed by atoms with Crippen molar-refractivity contribution < 1.29 is 0 Å². The van der Waals surface area contributed by atoms with Gasteiger partial charge in [0, 0.05) is 21.0 Å². The Balaban J connectivity index is 2.00. The van der Waals surface area contributed by atoms with Crippen LogP contribution in [-0.2, 0) is 0 Å². The highest BCUT2D eigenvalue weighted by atomic mass is 35.5. The van der Waals surface area contributed by atoms with Crippen LogP contribution in [0.5, 0.6) is 0 Å². The molecule has 0 saturated heterocycles. The molecule has 1 aromatic carbocycles. The van der Waals surface area contributed by atoms with Crippen LogP contribution in [0.3, 0.4) is 0 Å². The van der Waals surface area contributed by atoms with Gasteiger partial charge in [0.1, 0.15) is 0 Å². The summed E-state index contributed by atoms with van der Waals surface area (Å²) in [6, 6.07) is 5.57. The molecule has 5 heteroatoms. The maximum absolute atomic E-state index is 6.20. The van der Waals surface area contributed by atoms with E-state index >= 15 is 0 Å². The van der Waals surface area contributed by atoms with E-state index in [1.54, 1.807) is 6.07 Å². The van der Waals surface area contributed by atoms with E-state index in [0.717, 1.165) is 21.6 Å². The molecule has 0 radical (unpaired) electrons. The van der Waals surface area contributed by atoms with Crippen molar-refractivity contribution in [3.63, 3.8) is 0 Å². The fourth-order valence-electron chi connectivity index (χ4n) is 2.30. The minimum Gasteiger partial charge on any atom is -0.271 e. The van der Waals surface area contributed by atoms with Crippen LogP contribution in [0.25, 0.3) is 0 Å². The average molecular weight is 305 g/mol. The lowest BCUT2D eigenvalue weighted by Gasteiger charge is -2.19. The Morgan fingerprint density at radius 2 is 2.06 bits per heavy atom. The largest absolute Gasteiger partial charge is 0.271 e. The molecule has 0 aromatic heterocycles. The molecule has 2 nitrogen and oxygen atoms in total. The highest BCUT2D eigenvalue weighted by Gasteiger charge is 2.19. The molecule has 0 spiro atoms. The van der Waals surface area contributed by atoms with E-state index in [0.29, 0.717) is 5.02 Å². The molecule has 100 valence electrons. The lowest BCUT2D eigenvalue weighted by molar-refractivity contribution is 0.609. The summed E-state index contributed by atoms with van der Waals surface area (Å²) < 4.78 is 0. The number of halogens is 2. The second-order valence-electron chi connectivity index (χ2n) is 4.62. The van der Waals surface area contributed by atoms with Gasteiger partial charge < -0.3 is 0 Å². The smallest absolute Gasteiger partial charge is 0.0565 e. The molecule has 1 aliphatic rings. The van der Waals surface area contributed by atoms with Gasteiger partial charge in [0.05, 0.1) is 6.04 Å². The van der Waals surface area contributed by atoms with Crippen LogP contribution in [0.2, 0.25) is 10.0 Å². The number of hydrazine groups is 1. The van der Waals surface area contributed by atoms with E-state index in [2.05, 4.69) is 5.43 Å². The van der Waals surface area contributed by atoms with Gasteiger partial charge in [0.25, 0.3) is 0 Å². The first-order valence-corrected chi connectivity index (χ1v) is 8.04. The van der Waals surface area contributed by atoms with Gasteiger partial charge in [-0.1, -0.05) is 36.0 Å². The Morgan fingerprint density at radius 3 is 2.72 bits per heavy atom. The van der Waals surface area contributed by atoms with Crippen molar-refractivity contribution in [1.82, 2.24) is 5.43 Å². The lowest BCUT2D eigenvalue weighted by atomic mass is 10.1. The predicted molar refractivity (Wildman–Crippen MR) is 81.2 cm³/mol. The lowest BCUT2D eigenvalue weighted by Crippen LogP contribution is -2.30. The van der Waals surface area contributed by atoms with Crippen LogP contribution >= 0.6 is 35.0 Å². The van der Waals surface area contributed by atoms with Gasteiger partial charge in [-0.05, 0) is 36.6 Å². The molecule has 1 aliphatic carbocycles. The van der Waals surface area contributed by atoms with Crippen molar-refractivity contribution in [1.29, 1.82) is 0 Å². The van der Waals surface area contributed by atoms with Gasteiger partial charge in [-0.2, -0.15) is 11.8 Å². The van der Waals surface area contributed by atoms with Crippen LogP contribution in [0.15, 0.2) is 18.2 Å². The fourth-order valence-corrected chi connectivity index (χ4v) is 4.13. The fraction of sp³-hybridized carbons (Fsp3) is 0.538. The van der Waals surface area contributed by atoms with Crippen molar-refractivity contribution in [2.45, 2.75) is 37.0 Å². The Hall–Kier alpha value is 0.0700. The zero-order valence-electron chi connectivity index (χ0n) is 10.2. The minimum absolute atomic E-state index is 0.0572. The first-order chi connectivity index (χ1) is 8.70. The Bertz CT molecular complexity index is 395. The van der Waals surface area contributed by atoms with E-state index in [1.807, 2.05) is 23.9 Å². The third-order valence-electron chi connectivity index (χ3n) is 3.34. The zero-order valence-corrected chi connectivity index (χ0v) is 12.5. The Labute approximate surface area is 123 Å². The summed E-state index contributed by atoms with van der Waals surface area (Å²) in [6.07, 6.45) is 5.36. The van der Waals surface area contributed by atoms with Gasteiger partial charge in [-0.15, -0.1) is 0 Å². The van der Waals surface area contributed by atoms with Crippen LogP contribution in [0.1, 0.15) is 37.3 Å². The number of thioether (sulfide) groups is 1. The average Bonchev–Trinajstić information content (AvgIpc) is 2.87. The summed E-state index contributed by atoms with van der Waals surface area (Å²) in [5.74, 6) is 6.58. The molecule has 1 fully saturated rings. The van der Waals surface area contributed by atoms with Gasteiger partial charge in [0.2, 0.25) is 0 Å². The minimum atomic E-state index is 0.0572. The molecular formula is C13H18Cl2N2S. The first-order valence-electron chi connectivity index (χ1n) is 6.23. The van der Waals surface area contributed by atoms with Crippen molar-refractivity contribution >= 4 is 35.0 Å². The van der Waals surface area contributed by atoms with Crippen LogP contribution in [0.4, 0.5) is 0 Å². The number of benzene rings is 1. The van der Waals surface area contributed by atoms with E-state index in [-0.39, 0.29) is 6.04 Å². The normalized spacial score (nSPS) is 18.2. The first kappa shape index (κ1) is 14.5. The van der Waals surface area contributed by atoms with Crippen molar-refractivity contribution in [3.8, 4) is 0 Å². The van der Waals surface area contributed by atoms with Crippen LogP contribution in [-0.4, -0.2) is 11.0 Å². The quantitative estimate of drug-likeness (QED) is 0.633. The van der Waals surface area contributed by atoms with Gasteiger partial charge in [-0.25, -0.2) is 0 Å². The second-order valence-corrected chi connectivity index (χ2v) is 6.80. The number of hydrogen-bond acceptors (Lipinski definition) is 3.